The van der Waals surface area contributed by atoms with E-state index in [0.717, 1.165) is 4.90 Å². The van der Waals surface area contributed by atoms with E-state index in [9.17, 15) is 14.0 Å². The number of thioether (sulfide) groups is 1. The van der Waals surface area contributed by atoms with E-state index >= 15 is 0 Å². The maximum atomic E-state index is 11.1. The smallest absolute Gasteiger partial charge is 0.130 e. The molecule has 0 radical (unpaired) electrons. The van der Waals surface area contributed by atoms with Gasteiger partial charge in [0.1, 0.15) is 3.74 Å². The van der Waals surface area contributed by atoms with Crippen molar-refractivity contribution in [1.29, 1.82) is 0 Å². The highest BCUT2D eigenvalue weighted by molar-refractivity contribution is 8.29. The molecule has 1 atom stereocenters. The first-order chi connectivity index (χ1) is 9.85. The zero-order valence-electron chi connectivity index (χ0n) is 11.5. The van der Waals surface area contributed by atoms with Crippen LogP contribution in [0.3, 0.4) is 0 Å². The highest BCUT2D eigenvalue weighted by Gasteiger charge is 2.40. The van der Waals surface area contributed by atoms with Gasteiger partial charge in [0.05, 0.1) is 20.6 Å². The molecule has 0 amide bonds. The molecular formula is C14H15ClO4S2. The van der Waals surface area contributed by atoms with Crippen LogP contribution in [0.15, 0.2) is 69.3 Å². The molecule has 0 N–H and O–H groups in total. The van der Waals surface area contributed by atoms with Gasteiger partial charge in [-0.15, -0.1) is 11.8 Å². The van der Waals surface area contributed by atoms with Crippen molar-refractivity contribution in [3.63, 3.8) is 0 Å². The summed E-state index contributed by atoms with van der Waals surface area (Å²) in [5.41, 5.74) is 0. The molecule has 0 aromatic heterocycles. The summed E-state index contributed by atoms with van der Waals surface area (Å²) < 4.78 is 38.3. The van der Waals surface area contributed by atoms with Gasteiger partial charge in [-0.3, -0.25) is 0 Å². The van der Waals surface area contributed by atoms with Crippen molar-refractivity contribution in [2.24, 2.45) is 0 Å². The van der Waals surface area contributed by atoms with Gasteiger partial charge in [0.15, 0.2) is 0 Å². The molecule has 0 aliphatic carbocycles. The molecule has 0 saturated carbocycles. The summed E-state index contributed by atoms with van der Waals surface area (Å²) >= 11 is 1.58. The second-order valence-corrected chi connectivity index (χ2v) is 9.04. The Balaban J connectivity index is 2.49. The molecular weight excluding hydrogens is 332 g/mol. The molecule has 2 aromatic carbocycles. The van der Waals surface area contributed by atoms with Crippen LogP contribution in [0.2, 0.25) is 0 Å². The number of rotatable bonds is 5. The molecule has 0 heterocycles. The molecule has 1 unspecified atom stereocenters. The SMILES string of the molecule is CSc1ccc(S(C)(O[Cl+3]([O-])([O-])[O-])c2ccccc2)cc1. The second-order valence-electron chi connectivity index (χ2n) is 4.27. The normalized spacial score (nSPS) is 16.2. The maximum absolute atomic E-state index is 11.1. The quantitative estimate of drug-likeness (QED) is 0.757. The van der Waals surface area contributed by atoms with E-state index in [1.54, 1.807) is 54.4 Å². The van der Waals surface area contributed by atoms with Crippen molar-refractivity contribution in [1.82, 2.24) is 0 Å². The predicted octanol–water partition coefficient (Wildman–Crippen LogP) is 1.09. The first-order valence-corrected chi connectivity index (χ1v) is 10.4. The highest BCUT2D eigenvalue weighted by Crippen LogP contribution is 2.61. The lowest BCUT2D eigenvalue weighted by Gasteiger charge is -2.30. The summed E-state index contributed by atoms with van der Waals surface area (Å²) in [6.45, 7) is 0. The van der Waals surface area contributed by atoms with Gasteiger partial charge in [-0.1, -0.05) is 18.2 Å². The molecule has 0 bridgehead atoms. The Kier molecular flexibility index (Phi) is 5.21. The fourth-order valence-corrected chi connectivity index (χ4v) is 5.71. The zero-order valence-corrected chi connectivity index (χ0v) is 13.9. The summed E-state index contributed by atoms with van der Waals surface area (Å²) in [5.74, 6) is 0. The van der Waals surface area contributed by atoms with Crippen molar-refractivity contribution in [2.45, 2.75) is 14.7 Å². The van der Waals surface area contributed by atoms with Gasteiger partial charge in [0.25, 0.3) is 0 Å². The number of benzene rings is 2. The zero-order chi connectivity index (χ0) is 15.5. The van der Waals surface area contributed by atoms with E-state index in [0.29, 0.717) is 9.79 Å². The largest absolute Gasteiger partial charge is 0.182 e. The van der Waals surface area contributed by atoms with Crippen molar-refractivity contribution in [2.75, 3.05) is 12.5 Å². The van der Waals surface area contributed by atoms with Crippen LogP contribution < -0.4 is 14.0 Å². The van der Waals surface area contributed by atoms with Crippen molar-refractivity contribution in [3.8, 4) is 0 Å². The predicted molar refractivity (Wildman–Crippen MR) is 75.8 cm³/mol. The van der Waals surface area contributed by atoms with E-state index in [1.165, 1.54) is 0 Å². The molecule has 21 heavy (non-hydrogen) atoms. The van der Waals surface area contributed by atoms with Gasteiger partial charge in [-0.2, -0.15) is 14.0 Å². The third-order valence-electron chi connectivity index (χ3n) is 2.91. The first kappa shape index (κ1) is 16.6. The van der Waals surface area contributed by atoms with Gasteiger partial charge in [-0.05, 0) is 42.7 Å². The average molecular weight is 347 g/mol. The lowest BCUT2D eigenvalue weighted by atomic mass is 10.4. The Morgan fingerprint density at radius 2 is 1.43 bits per heavy atom. The molecule has 7 heteroatoms. The summed E-state index contributed by atoms with van der Waals surface area (Å²) in [6.07, 6.45) is 3.61. The average Bonchev–Trinajstić information content (AvgIpc) is 2.46. The van der Waals surface area contributed by atoms with Crippen LogP contribution in [0, 0.1) is 10.2 Å². The molecule has 0 saturated heterocycles. The van der Waals surface area contributed by atoms with Crippen LogP contribution in [0.4, 0.5) is 0 Å². The molecule has 0 spiro atoms. The van der Waals surface area contributed by atoms with E-state index in [4.69, 9.17) is 3.74 Å². The van der Waals surface area contributed by atoms with E-state index in [2.05, 4.69) is 0 Å². The third-order valence-corrected chi connectivity index (χ3v) is 7.62. The maximum Gasteiger partial charge on any atom is 0.130 e. The van der Waals surface area contributed by atoms with Crippen LogP contribution in [-0.4, -0.2) is 12.5 Å². The van der Waals surface area contributed by atoms with Crippen LogP contribution in [-0.2, 0) is 3.74 Å². The van der Waals surface area contributed by atoms with E-state index in [-0.39, 0.29) is 0 Å². The van der Waals surface area contributed by atoms with E-state index in [1.807, 2.05) is 24.5 Å². The molecule has 2 aromatic rings. The minimum absolute atomic E-state index is 0.675. The summed E-state index contributed by atoms with van der Waals surface area (Å²) in [4.78, 5) is 2.41. The van der Waals surface area contributed by atoms with Crippen molar-refractivity contribution >= 4 is 22.1 Å². The number of hydrogen-bond acceptors (Lipinski definition) is 5. The lowest BCUT2D eigenvalue weighted by molar-refractivity contribution is -1.91. The highest BCUT2D eigenvalue weighted by atomic mass is 35.7. The fraction of sp³-hybridized carbons (Fsp3) is 0.143. The number of halogens is 1. The van der Waals surface area contributed by atoms with Gasteiger partial charge < -0.3 is 0 Å². The Morgan fingerprint density at radius 1 is 0.905 bits per heavy atom. The van der Waals surface area contributed by atoms with Crippen LogP contribution in [0.1, 0.15) is 0 Å². The summed E-state index contributed by atoms with van der Waals surface area (Å²) in [7, 11) is -6.92. The number of hydrogen-bond donors (Lipinski definition) is 0. The molecule has 0 aliphatic rings. The minimum atomic E-state index is -4.52. The molecule has 0 fully saturated rings. The monoisotopic (exact) mass is 346 g/mol. The summed E-state index contributed by atoms with van der Waals surface area (Å²) in [6, 6.07) is 16.3. The topological polar surface area (TPSA) is 78.4 Å². The van der Waals surface area contributed by atoms with Gasteiger partial charge >= 0.3 is 0 Å². The van der Waals surface area contributed by atoms with Crippen molar-refractivity contribution in [3.05, 3.63) is 54.6 Å². The standard InChI is InChI=1S/C14H15ClO4S2/c1-20-12-8-10-14(11-9-12)21(2,19-15(16,17)18)13-6-4-3-5-7-13/h3-11H,1-2H3. The van der Waals surface area contributed by atoms with E-state index < -0.39 is 20.6 Å². The lowest BCUT2D eigenvalue weighted by Crippen LogP contribution is -2.61. The fourth-order valence-electron chi connectivity index (χ4n) is 1.88. The van der Waals surface area contributed by atoms with Gasteiger partial charge in [0.2, 0.25) is 0 Å². The van der Waals surface area contributed by atoms with Crippen LogP contribution in [0.25, 0.3) is 0 Å². The minimum Gasteiger partial charge on any atom is -0.182 e. The second kappa shape index (κ2) is 6.58. The first-order valence-electron chi connectivity index (χ1n) is 5.94. The molecule has 4 nitrogen and oxygen atoms in total. The summed E-state index contributed by atoms with van der Waals surface area (Å²) in [5, 5.41) is 0. The van der Waals surface area contributed by atoms with Gasteiger partial charge in [0, 0.05) is 20.9 Å². The van der Waals surface area contributed by atoms with Crippen LogP contribution in [0.5, 0.6) is 0 Å². The molecule has 0 aliphatic heterocycles. The molecule has 114 valence electrons. The Bertz CT molecular complexity index is 586. The van der Waals surface area contributed by atoms with Gasteiger partial charge in [-0.25, -0.2) is 0 Å². The Morgan fingerprint density at radius 3 is 1.90 bits per heavy atom. The van der Waals surface area contributed by atoms with Crippen molar-refractivity contribution < 1.29 is 28.0 Å². The molecule has 2 rings (SSSR count). The Labute approximate surface area is 132 Å². The Hall–Kier alpha value is -0.730. The third kappa shape index (κ3) is 4.14. The van der Waals surface area contributed by atoms with Crippen LogP contribution >= 0.6 is 22.1 Å².